The van der Waals surface area contributed by atoms with Crippen LogP contribution < -0.4 is 16.0 Å². The third kappa shape index (κ3) is 3.00. The molecule has 3 aromatic carbocycles. The average molecular weight is 414 g/mol. The highest BCUT2D eigenvalue weighted by Gasteiger charge is 2.51. The molecule has 2 atom stereocenters. The summed E-state index contributed by atoms with van der Waals surface area (Å²) in [6, 6.07) is 23.2. The second-order valence-corrected chi connectivity index (χ2v) is 8.64. The lowest BCUT2D eigenvalue weighted by Crippen LogP contribution is -2.49. The van der Waals surface area contributed by atoms with Gasteiger partial charge in [0.25, 0.3) is 0 Å². The molecule has 2 aliphatic rings. The van der Waals surface area contributed by atoms with Gasteiger partial charge in [-0.2, -0.15) is 0 Å². The Morgan fingerprint density at radius 2 is 1.81 bits per heavy atom. The predicted molar refractivity (Wildman–Crippen MR) is 124 cm³/mol. The van der Waals surface area contributed by atoms with Crippen molar-refractivity contribution in [3.8, 4) is 0 Å². The van der Waals surface area contributed by atoms with Crippen molar-refractivity contribution in [3.05, 3.63) is 89.5 Å². The van der Waals surface area contributed by atoms with Gasteiger partial charge in [0, 0.05) is 46.7 Å². The van der Waals surface area contributed by atoms with Gasteiger partial charge >= 0.3 is 0 Å². The molecule has 2 heterocycles. The maximum Gasteiger partial charge on any atom is 0.166 e. The van der Waals surface area contributed by atoms with Crippen LogP contribution >= 0.6 is 0 Å². The minimum atomic E-state index is -1.27. The van der Waals surface area contributed by atoms with Gasteiger partial charge in [-0.15, -0.1) is 0 Å². The number of nitrogens with two attached hydrogens (primary N) is 1. The maximum atomic E-state index is 13.1. The quantitative estimate of drug-likeness (QED) is 0.430. The summed E-state index contributed by atoms with van der Waals surface area (Å²) in [5.41, 5.74) is 9.57. The van der Waals surface area contributed by atoms with Crippen molar-refractivity contribution in [1.29, 1.82) is 0 Å². The molecule has 0 bridgehead atoms. The van der Waals surface area contributed by atoms with Gasteiger partial charge in [0.2, 0.25) is 0 Å². The average Bonchev–Trinajstić information content (AvgIpc) is 3.31. The molecule has 2 unspecified atom stereocenters. The van der Waals surface area contributed by atoms with Gasteiger partial charge < -0.3 is 21.1 Å². The first-order valence-electron chi connectivity index (χ1n) is 10.8. The van der Waals surface area contributed by atoms with Crippen LogP contribution in [0.25, 0.3) is 0 Å². The fraction of sp³-hybridized carbons (Fsp3) is 0.269. The lowest BCUT2D eigenvalue weighted by Gasteiger charge is -2.41. The van der Waals surface area contributed by atoms with E-state index in [2.05, 4.69) is 41.4 Å². The molecule has 3 aromatic rings. The minimum Gasteiger partial charge on any atom is -0.399 e. The number of nitrogen functional groups attached to an aromatic ring is 1. The smallest absolute Gasteiger partial charge is 0.166 e. The molecule has 0 spiro atoms. The van der Waals surface area contributed by atoms with Gasteiger partial charge in [-0.3, -0.25) is 4.79 Å². The summed E-state index contributed by atoms with van der Waals surface area (Å²) in [6.45, 7) is 3.31. The highest BCUT2D eigenvalue weighted by Crippen LogP contribution is 2.51. The number of carbonyl (C=O) groups is 1. The summed E-state index contributed by atoms with van der Waals surface area (Å²) in [7, 11) is 0. The predicted octanol–water partition coefficient (Wildman–Crippen LogP) is 4.28. The number of carbonyl (C=O) groups excluding carboxylic acids is 1. The van der Waals surface area contributed by atoms with E-state index < -0.39 is 5.60 Å². The fourth-order valence-electron chi connectivity index (χ4n) is 5.27. The molecule has 4 N–H and O–H groups in total. The Bertz CT molecular complexity index is 1160. The Kier molecular flexibility index (Phi) is 4.52. The van der Waals surface area contributed by atoms with Gasteiger partial charge in [-0.25, -0.2) is 0 Å². The van der Waals surface area contributed by atoms with Crippen molar-refractivity contribution in [1.82, 2.24) is 0 Å². The Morgan fingerprint density at radius 1 is 1.06 bits per heavy atom. The van der Waals surface area contributed by atoms with Gasteiger partial charge in [0.1, 0.15) is 5.60 Å². The topological polar surface area (TPSA) is 78.6 Å². The number of benzene rings is 3. The Morgan fingerprint density at radius 3 is 2.58 bits per heavy atom. The summed E-state index contributed by atoms with van der Waals surface area (Å²) >= 11 is 0. The van der Waals surface area contributed by atoms with Gasteiger partial charge in [0.05, 0.1) is 12.1 Å². The lowest BCUT2D eigenvalue weighted by molar-refractivity contribution is 0.0378. The van der Waals surface area contributed by atoms with E-state index in [-0.39, 0.29) is 17.7 Å². The van der Waals surface area contributed by atoms with Gasteiger partial charge in [0.15, 0.2) is 5.78 Å². The number of anilines is 3. The lowest BCUT2D eigenvalue weighted by atomic mass is 9.86. The Balaban J connectivity index is 1.55. The van der Waals surface area contributed by atoms with Crippen LogP contribution in [-0.2, 0) is 11.1 Å². The third-order valence-electron chi connectivity index (χ3n) is 6.88. The van der Waals surface area contributed by atoms with E-state index in [1.165, 1.54) is 5.56 Å². The first-order chi connectivity index (χ1) is 15.0. The number of hydrogen-bond donors (Lipinski definition) is 3. The van der Waals surface area contributed by atoms with Crippen LogP contribution in [0.2, 0.25) is 0 Å². The number of hydrogen-bond acceptors (Lipinski definition) is 5. The molecule has 0 saturated carbocycles. The number of nitrogens with one attached hydrogen (secondary N) is 1. The SMILES string of the molecule is CCC1(N2CC(O)(CC(=O)c3cccc(N)c3)c3ccccc32)CNc2ccccc21. The van der Waals surface area contributed by atoms with E-state index in [0.29, 0.717) is 17.8 Å². The van der Waals surface area contributed by atoms with Crippen LogP contribution in [0.4, 0.5) is 17.1 Å². The van der Waals surface area contributed by atoms with E-state index in [4.69, 9.17) is 5.73 Å². The molecule has 0 fully saturated rings. The largest absolute Gasteiger partial charge is 0.399 e. The number of Topliss-reactive ketones (excluding diaryl/α,β-unsaturated/α-hetero) is 1. The second kappa shape index (κ2) is 7.13. The van der Waals surface area contributed by atoms with Gasteiger partial charge in [-0.1, -0.05) is 55.5 Å². The van der Waals surface area contributed by atoms with E-state index in [9.17, 15) is 9.90 Å². The molecular weight excluding hydrogens is 386 g/mol. The third-order valence-corrected chi connectivity index (χ3v) is 6.88. The van der Waals surface area contributed by atoms with Crippen molar-refractivity contribution in [2.24, 2.45) is 0 Å². The van der Waals surface area contributed by atoms with Crippen LogP contribution in [-0.4, -0.2) is 24.0 Å². The molecule has 5 nitrogen and oxygen atoms in total. The van der Waals surface area contributed by atoms with Gasteiger partial charge in [-0.05, 0) is 30.7 Å². The highest BCUT2D eigenvalue weighted by atomic mass is 16.3. The molecule has 158 valence electrons. The molecule has 0 aromatic heterocycles. The van der Waals surface area contributed by atoms with E-state index in [1.54, 1.807) is 24.3 Å². The summed E-state index contributed by atoms with van der Waals surface area (Å²) in [6.07, 6.45) is 0.892. The number of fused-ring (bicyclic) bond motifs is 2. The highest BCUT2D eigenvalue weighted by molar-refractivity contribution is 5.98. The normalized spacial score (nSPS) is 23.9. The molecular formula is C26H27N3O2. The molecule has 0 amide bonds. The summed E-state index contributed by atoms with van der Waals surface area (Å²) < 4.78 is 0. The summed E-state index contributed by atoms with van der Waals surface area (Å²) in [4.78, 5) is 15.4. The summed E-state index contributed by atoms with van der Waals surface area (Å²) in [5.74, 6) is -0.109. The molecule has 31 heavy (non-hydrogen) atoms. The number of β-amino-alcohol motifs (C(OH)–C–C–N with tert-alkyl or cyclic N) is 1. The fourth-order valence-corrected chi connectivity index (χ4v) is 5.27. The molecule has 0 aliphatic carbocycles. The van der Waals surface area contributed by atoms with Crippen molar-refractivity contribution in [3.63, 3.8) is 0 Å². The number of rotatable bonds is 5. The van der Waals surface area contributed by atoms with Crippen molar-refractivity contribution < 1.29 is 9.90 Å². The minimum absolute atomic E-state index is 0.0127. The number of aliphatic hydroxyl groups is 1. The van der Waals surface area contributed by atoms with E-state index in [0.717, 1.165) is 29.9 Å². The first kappa shape index (κ1) is 19.6. The van der Waals surface area contributed by atoms with Crippen LogP contribution in [0.3, 0.4) is 0 Å². The van der Waals surface area contributed by atoms with Crippen molar-refractivity contribution in [2.75, 3.05) is 29.0 Å². The maximum absolute atomic E-state index is 13.1. The second-order valence-electron chi connectivity index (χ2n) is 8.64. The Labute approximate surface area is 182 Å². The molecule has 0 radical (unpaired) electrons. The van der Waals surface area contributed by atoms with Crippen LogP contribution in [0.5, 0.6) is 0 Å². The standard InChI is InChI=1S/C26H27N3O2/c1-2-25(16-28-22-12-5-3-10-20(22)25)29-17-26(31,21-11-4-6-13-23(21)29)15-24(30)18-8-7-9-19(27)14-18/h3-14,28,31H,2,15-17,27H2,1H3. The van der Waals surface area contributed by atoms with Crippen molar-refractivity contribution in [2.45, 2.75) is 30.9 Å². The summed E-state index contributed by atoms with van der Waals surface area (Å²) in [5, 5.41) is 15.4. The van der Waals surface area contributed by atoms with Crippen LogP contribution in [0, 0.1) is 0 Å². The zero-order chi connectivity index (χ0) is 21.6. The number of nitrogens with zero attached hydrogens (tertiary/aromatic N) is 1. The number of ketones is 1. The zero-order valence-electron chi connectivity index (χ0n) is 17.6. The van der Waals surface area contributed by atoms with Crippen molar-refractivity contribution >= 4 is 22.8 Å². The Hall–Kier alpha value is -3.31. The first-order valence-corrected chi connectivity index (χ1v) is 10.8. The monoisotopic (exact) mass is 413 g/mol. The van der Waals surface area contributed by atoms with E-state index in [1.807, 2.05) is 24.3 Å². The van der Waals surface area contributed by atoms with Crippen LogP contribution in [0.15, 0.2) is 72.8 Å². The van der Waals surface area contributed by atoms with E-state index >= 15 is 0 Å². The molecule has 5 rings (SSSR count). The molecule has 5 heteroatoms. The molecule has 0 saturated heterocycles. The van der Waals surface area contributed by atoms with Crippen LogP contribution in [0.1, 0.15) is 41.3 Å². The number of para-hydroxylation sites is 2. The molecule has 2 aliphatic heterocycles. The zero-order valence-corrected chi connectivity index (χ0v) is 17.6.